The van der Waals surface area contributed by atoms with Crippen LogP contribution >= 0.6 is 0 Å². The van der Waals surface area contributed by atoms with Crippen molar-refractivity contribution >= 4 is 5.97 Å². The van der Waals surface area contributed by atoms with Crippen molar-refractivity contribution in [3.8, 4) is 22.6 Å². The van der Waals surface area contributed by atoms with E-state index in [-0.39, 0.29) is 17.7 Å². The van der Waals surface area contributed by atoms with Gasteiger partial charge in [0.15, 0.2) is 0 Å². The number of hydrogen-bond acceptors (Lipinski definition) is 3. The Bertz CT molecular complexity index is 1680. The van der Waals surface area contributed by atoms with Crippen LogP contribution < -0.4 is 9.47 Å². The van der Waals surface area contributed by atoms with E-state index in [0.717, 1.165) is 37.3 Å². The standard InChI is InChI=1S/C32H22F8O3/c1-3-16-6-17-4-5-18(8-19(17)7-16)31(41)42-21-11-25(35)29(26(36)12-21)20-9-27(37)30(28(38)10-20)32(39,40)43-22-13-23(33)15(2)24(34)14-22/h4-5,8-14,16H,3,6-7H2,1-2H3. The summed E-state index contributed by atoms with van der Waals surface area (Å²) in [6.45, 7) is 3.10. The molecule has 0 N–H and O–H groups in total. The van der Waals surface area contributed by atoms with Gasteiger partial charge in [-0.15, -0.1) is 0 Å². The minimum absolute atomic E-state index is 0.166. The Labute approximate surface area is 240 Å². The summed E-state index contributed by atoms with van der Waals surface area (Å²) in [5.74, 6) is -11.2. The van der Waals surface area contributed by atoms with Crippen LogP contribution in [0.3, 0.4) is 0 Å². The largest absolute Gasteiger partial charge is 0.432 e. The fourth-order valence-corrected chi connectivity index (χ4v) is 5.05. The molecule has 0 amide bonds. The van der Waals surface area contributed by atoms with E-state index in [2.05, 4.69) is 11.7 Å². The maximum absolute atomic E-state index is 15.0. The molecule has 4 aromatic carbocycles. The molecule has 0 aliphatic heterocycles. The van der Waals surface area contributed by atoms with Crippen molar-refractivity contribution in [2.24, 2.45) is 5.92 Å². The molecular weight excluding hydrogens is 584 g/mol. The average Bonchev–Trinajstić information content (AvgIpc) is 3.33. The lowest BCUT2D eigenvalue weighted by Gasteiger charge is -2.20. The number of hydrogen-bond donors (Lipinski definition) is 0. The second-order valence-electron chi connectivity index (χ2n) is 10.3. The molecule has 0 bridgehead atoms. The number of rotatable bonds is 7. The Hall–Kier alpha value is -4.41. The Balaban J connectivity index is 1.39. The van der Waals surface area contributed by atoms with Gasteiger partial charge in [0, 0.05) is 29.8 Å². The second kappa shape index (κ2) is 11.3. The fourth-order valence-electron chi connectivity index (χ4n) is 5.05. The first-order chi connectivity index (χ1) is 20.3. The Kier molecular flexibility index (Phi) is 7.93. The van der Waals surface area contributed by atoms with Gasteiger partial charge in [0.2, 0.25) is 0 Å². The zero-order chi connectivity index (χ0) is 31.2. The molecule has 0 saturated heterocycles. The van der Waals surface area contributed by atoms with Gasteiger partial charge >= 0.3 is 12.1 Å². The lowest BCUT2D eigenvalue weighted by Crippen LogP contribution is -2.25. The molecule has 0 aromatic heterocycles. The van der Waals surface area contributed by atoms with Crippen molar-refractivity contribution in [1.29, 1.82) is 0 Å². The topological polar surface area (TPSA) is 35.5 Å². The number of benzene rings is 4. The highest BCUT2D eigenvalue weighted by Gasteiger charge is 2.42. The molecule has 1 aliphatic rings. The summed E-state index contributed by atoms with van der Waals surface area (Å²) in [6.07, 6.45) is -2.12. The minimum atomic E-state index is -4.77. The van der Waals surface area contributed by atoms with Gasteiger partial charge < -0.3 is 9.47 Å². The highest BCUT2D eigenvalue weighted by Crippen LogP contribution is 2.39. The SMILES string of the molecule is CCC1Cc2ccc(C(=O)Oc3cc(F)c(-c4cc(F)c(C(F)(F)Oc5cc(F)c(C)c(F)c5)c(F)c4)c(F)c3)cc2C1. The molecular formula is C32H22F8O3. The normalized spacial score (nSPS) is 14.5. The van der Waals surface area contributed by atoms with Crippen molar-refractivity contribution in [2.45, 2.75) is 39.2 Å². The third-order valence-corrected chi connectivity index (χ3v) is 7.38. The number of alkyl halides is 2. The second-order valence-corrected chi connectivity index (χ2v) is 10.3. The molecule has 0 spiro atoms. The highest BCUT2D eigenvalue weighted by molar-refractivity contribution is 5.91. The molecule has 4 aromatic rings. The predicted octanol–water partition coefficient (Wildman–Crippen LogP) is 8.97. The van der Waals surface area contributed by atoms with Gasteiger partial charge in [-0.1, -0.05) is 19.4 Å². The van der Waals surface area contributed by atoms with Gasteiger partial charge in [-0.2, -0.15) is 8.78 Å². The summed E-state index contributed by atoms with van der Waals surface area (Å²) in [7, 11) is 0. The first-order valence-electron chi connectivity index (χ1n) is 13.1. The summed E-state index contributed by atoms with van der Waals surface area (Å²) < 4.78 is 126. The Morgan fingerprint density at radius 3 is 1.91 bits per heavy atom. The molecule has 11 heteroatoms. The summed E-state index contributed by atoms with van der Waals surface area (Å²) in [4.78, 5) is 12.7. The van der Waals surface area contributed by atoms with Gasteiger partial charge in [-0.3, -0.25) is 0 Å². The van der Waals surface area contributed by atoms with E-state index in [1.165, 1.54) is 0 Å². The zero-order valence-electron chi connectivity index (χ0n) is 22.6. The molecule has 0 heterocycles. The maximum Gasteiger partial charge on any atom is 0.432 e. The highest BCUT2D eigenvalue weighted by atomic mass is 19.3. The number of ether oxygens (including phenoxy) is 2. The van der Waals surface area contributed by atoms with Gasteiger partial charge in [0.05, 0.1) is 11.1 Å². The van der Waals surface area contributed by atoms with Crippen LogP contribution in [0.2, 0.25) is 0 Å². The molecule has 5 rings (SSSR count). The van der Waals surface area contributed by atoms with E-state index in [4.69, 9.17) is 4.74 Å². The molecule has 0 saturated carbocycles. The van der Waals surface area contributed by atoms with Crippen LogP contribution in [-0.2, 0) is 19.0 Å². The Morgan fingerprint density at radius 2 is 1.33 bits per heavy atom. The van der Waals surface area contributed by atoms with E-state index >= 15 is 0 Å². The molecule has 224 valence electrons. The molecule has 43 heavy (non-hydrogen) atoms. The van der Waals surface area contributed by atoms with Gasteiger partial charge in [0.25, 0.3) is 0 Å². The van der Waals surface area contributed by atoms with Crippen LogP contribution in [-0.4, -0.2) is 5.97 Å². The molecule has 0 radical (unpaired) electrons. The van der Waals surface area contributed by atoms with Crippen LogP contribution in [0.25, 0.3) is 11.1 Å². The van der Waals surface area contributed by atoms with Crippen molar-refractivity contribution in [1.82, 2.24) is 0 Å². The smallest absolute Gasteiger partial charge is 0.429 e. The lowest BCUT2D eigenvalue weighted by molar-refractivity contribution is -0.189. The predicted molar refractivity (Wildman–Crippen MR) is 140 cm³/mol. The minimum Gasteiger partial charge on any atom is -0.429 e. The number of fused-ring (bicyclic) bond motifs is 1. The summed E-state index contributed by atoms with van der Waals surface area (Å²) in [6, 6.07) is 7.51. The van der Waals surface area contributed by atoms with E-state index in [0.29, 0.717) is 30.2 Å². The molecule has 3 nitrogen and oxygen atoms in total. The van der Waals surface area contributed by atoms with Crippen molar-refractivity contribution < 1.29 is 49.4 Å². The van der Waals surface area contributed by atoms with E-state index in [1.54, 1.807) is 18.2 Å². The van der Waals surface area contributed by atoms with Gasteiger partial charge in [-0.05, 0) is 66.6 Å². The first-order valence-corrected chi connectivity index (χ1v) is 13.1. The first kappa shape index (κ1) is 30.1. The monoisotopic (exact) mass is 606 g/mol. The molecule has 1 unspecified atom stereocenters. The number of esters is 1. The number of carbonyl (C=O) groups is 1. The van der Waals surface area contributed by atoms with Gasteiger partial charge in [0.1, 0.15) is 52.0 Å². The van der Waals surface area contributed by atoms with Crippen LogP contribution in [0.4, 0.5) is 35.1 Å². The van der Waals surface area contributed by atoms with Crippen LogP contribution in [0, 0.1) is 47.7 Å². The summed E-state index contributed by atoms with van der Waals surface area (Å²) in [5.41, 5.74) is -1.97. The zero-order valence-corrected chi connectivity index (χ0v) is 22.6. The summed E-state index contributed by atoms with van der Waals surface area (Å²) >= 11 is 0. The Morgan fingerprint density at radius 1 is 0.767 bits per heavy atom. The van der Waals surface area contributed by atoms with Crippen LogP contribution in [0.1, 0.15) is 46.0 Å². The van der Waals surface area contributed by atoms with E-state index in [9.17, 15) is 39.9 Å². The van der Waals surface area contributed by atoms with Gasteiger partial charge in [-0.25, -0.2) is 31.1 Å². The van der Waals surface area contributed by atoms with Crippen molar-refractivity contribution in [3.63, 3.8) is 0 Å². The van der Waals surface area contributed by atoms with Crippen LogP contribution in [0.5, 0.6) is 11.5 Å². The maximum atomic E-state index is 15.0. The van der Waals surface area contributed by atoms with Crippen molar-refractivity contribution in [2.75, 3.05) is 0 Å². The lowest BCUT2D eigenvalue weighted by atomic mass is 10.0. The summed E-state index contributed by atoms with van der Waals surface area (Å²) in [5, 5.41) is 0. The average molecular weight is 607 g/mol. The number of carbonyl (C=O) groups excluding carboxylic acids is 1. The van der Waals surface area contributed by atoms with E-state index in [1.807, 2.05) is 0 Å². The van der Waals surface area contributed by atoms with Crippen molar-refractivity contribution in [3.05, 3.63) is 117 Å². The molecule has 1 aliphatic carbocycles. The fraction of sp³-hybridized carbons (Fsp3) is 0.219. The number of halogens is 8. The third kappa shape index (κ3) is 5.93. The third-order valence-electron chi connectivity index (χ3n) is 7.38. The quantitative estimate of drug-likeness (QED) is 0.120. The van der Waals surface area contributed by atoms with Crippen LogP contribution in [0.15, 0.2) is 54.6 Å². The molecule has 1 atom stereocenters. The van der Waals surface area contributed by atoms with E-state index < -0.39 is 80.7 Å². The molecule has 0 fully saturated rings.